The molecular formula is C21H27N3O2. The summed E-state index contributed by atoms with van der Waals surface area (Å²) >= 11 is 0. The Morgan fingerprint density at radius 3 is 2.85 bits per heavy atom. The van der Waals surface area contributed by atoms with Gasteiger partial charge in [0, 0.05) is 36.8 Å². The summed E-state index contributed by atoms with van der Waals surface area (Å²) in [6.07, 6.45) is 5.62. The summed E-state index contributed by atoms with van der Waals surface area (Å²) < 4.78 is 11.4. The molecule has 26 heavy (non-hydrogen) atoms. The van der Waals surface area contributed by atoms with Crippen molar-refractivity contribution in [3.8, 4) is 11.5 Å². The quantitative estimate of drug-likeness (QED) is 0.817. The fraction of sp³-hybridized carbons (Fsp3) is 0.524. The number of aromatic nitrogens is 2. The first-order chi connectivity index (χ1) is 12.5. The summed E-state index contributed by atoms with van der Waals surface area (Å²) in [4.78, 5) is 11.7. The van der Waals surface area contributed by atoms with E-state index in [9.17, 15) is 0 Å². The monoisotopic (exact) mass is 353 g/mol. The van der Waals surface area contributed by atoms with Crippen molar-refractivity contribution >= 4 is 0 Å². The van der Waals surface area contributed by atoms with Gasteiger partial charge in [0.25, 0.3) is 0 Å². The molecule has 0 radical (unpaired) electrons. The van der Waals surface area contributed by atoms with Gasteiger partial charge in [-0.05, 0) is 51.3 Å². The zero-order valence-corrected chi connectivity index (χ0v) is 16.0. The van der Waals surface area contributed by atoms with Crippen molar-refractivity contribution in [2.24, 2.45) is 0 Å². The van der Waals surface area contributed by atoms with Crippen LogP contribution in [0.25, 0.3) is 0 Å². The number of hydrogen-bond acceptors (Lipinski definition) is 5. The molecule has 5 nitrogen and oxygen atoms in total. The molecule has 3 heterocycles. The molecule has 0 spiro atoms. The minimum absolute atomic E-state index is 0.132. The Labute approximate surface area is 155 Å². The third kappa shape index (κ3) is 3.16. The van der Waals surface area contributed by atoms with Crippen molar-refractivity contribution in [1.82, 2.24) is 14.9 Å². The van der Waals surface area contributed by atoms with Crippen LogP contribution in [0.5, 0.6) is 11.5 Å². The number of nitrogens with zero attached hydrogens (tertiary/aromatic N) is 3. The van der Waals surface area contributed by atoms with Gasteiger partial charge in [-0.2, -0.15) is 0 Å². The summed E-state index contributed by atoms with van der Waals surface area (Å²) in [5, 5.41) is 0. The van der Waals surface area contributed by atoms with Gasteiger partial charge in [0.1, 0.15) is 5.82 Å². The maximum Gasteiger partial charge on any atom is 0.161 e. The number of ether oxygens (including phenoxy) is 2. The van der Waals surface area contributed by atoms with Crippen molar-refractivity contribution in [3.05, 3.63) is 47.0 Å². The molecule has 0 aliphatic carbocycles. The molecule has 2 bridgehead atoms. The maximum absolute atomic E-state index is 5.84. The summed E-state index contributed by atoms with van der Waals surface area (Å²) in [6, 6.07) is 7.29. The molecule has 2 atom stereocenters. The molecule has 1 saturated heterocycles. The highest BCUT2D eigenvalue weighted by Crippen LogP contribution is 2.44. The van der Waals surface area contributed by atoms with E-state index < -0.39 is 0 Å². The molecule has 1 fully saturated rings. The number of fused-ring (bicyclic) bond motifs is 4. The number of benzene rings is 1. The van der Waals surface area contributed by atoms with Crippen molar-refractivity contribution in [1.29, 1.82) is 0 Å². The van der Waals surface area contributed by atoms with E-state index in [-0.39, 0.29) is 6.10 Å². The van der Waals surface area contributed by atoms with Crippen molar-refractivity contribution in [2.45, 2.75) is 64.8 Å². The lowest BCUT2D eigenvalue weighted by Crippen LogP contribution is -2.37. The Morgan fingerprint density at radius 1 is 1.23 bits per heavy atom. The Morgan fingerprint density at radius 2 is 2.08 bits per heavy atom. The molecule has 0 amide bonds. The molecule has 1 aromatic carbocycles. The van der Waals surface area contributed by atoms with E-state index >= 15 is 0 Å². The highest BCUT2D eigenvalue weighted by Gasteiger charge is 2.40. The molecule has 0 saturated carbocycles. The van der Waals surface area contributed by atoms with Crippen LogP contribution in [0.15, 0.2) is 24.4 Å². The number of methoxy groups -OCH3 is 1. The fourth-order valence-corrected chi connectivity index (χ4v) is 4.29. The lowest BCUT2D eigenvalue weighted by atomic mass is 9.98. The molecule has 0 N–H and O–H groups in total. The van der Waals surface area contributed by atoms with E-state index in [1.54, 1.807) is 7.11 Å². The zero-order chi connectivity index (χ0) is 18.3. The minimum Gasteiger partial charge on any atom is -0.493 e. The highest BCUT2D eigenvalue weighted by atomic mass is 16.5. The SMILES string of the molecule is COc1cc(CN2[C@H]3CC[C@@H]2c2cnc(C)nc2C3)ccc1OC(C)C. The smallest absolute Gasteiger partial charge is 0.161 e. The van der Waals surface area contributed by atoms with Gasteiger partial charge in [-0.15, -0.1) is 0 Å². The average Bonchev–Trinajstić information content (AvgIpc) is 2.88. The van der Waals surface area contributed by atoms with Gasteiger partial charge in [-0.25, -0.2) is 9.97 Å². The second kappa shape index (κ2) is 6.88. The minimum atomic E-state index is 0.132. The van der Waals surface area contributed by atoms with Crippen molar-refractivity contribution in [3.63, 3.8) is 0 Å². The van der Waals surface area contributed by atoms with E-state index in [0.29, 0.717) is 12.1 Å². The number of hydrogen-bond donors (Lipinski definition) is 0. The predicted molar refractivity (Wildman–Crippen MR) is 101 cm³/mol. The molecule has 0 unspecified atom stereocenters. The molecular weight excluding hydrogens is 326 g/mol. The standard InChI is InChI=1S/C21H27N3O2/c1-13(2)26-20-8-5-15(9-21(20)25-4)12-24-16-6-7-19(24)17-11-22-14(3)23-18(17)10-16/h5,8-9,11,13,16,19H,6-7,10,12H2,1-4H3/t16-,19+/m0/s1. The Kier molecular flexibility index (Phi) is 4.57. The molecule has 1 aromatic heterocycles. The van der Waals surface area contributed by atoms with Crippen LogP contribution < -0.4 is 9.47 Å². The van der Waals surface area contributed by atoms with Gasteiger partial charge in [-0.1, -0.05) is 6.07 Å². The summed E-state index contributed by atoms with van der Waals surface area (Å²) in [7, 11) is 1.70. The van der Waals surface area contributed by atoms with E-state index in [0.717, 1.165) is 30.3 Å². The van der Waals surface area contributed by atoms with Crippen molar-refractivity contribution in [2.75, 3.05) is 7.11 Å². The number of rotatable bonds is 5. The topological polar surface area (TPSA) is 47.5 Å². The first kappa shape index (κ1) is 17.3. The Balaban J connectivity index is 1.57. The molecule has 2 aromatic rings. The average molecular weight is 353 g/mol. The van der Waals surface area contributed by atoms with Gasteiger partial charge >= 0.3 is 0 Å². The van der Waals surface area contributed by atoms with Crippen LogP contribution >= 0.6 is 0 Å². The third-order valence-corrected chi connectivity index (χ3v) is 5.41. The molecule has 4 rings (SSSR count). The van der Waals surface area contributed by atoms with Gasteiger partial charge < -0.3 is 9.47 Å². The van der Waals surface area contributed by atoms with Crippen LogP contribution in [-0.2, 0) is 13.0 Å². The number of aryl methyl sites for hydroxylation is 1. The summed E-state index contributed by atoms with van der Waals surface area (Å²) in [6.45, 7) is 6.95. The summed E-state index contributed by atoms with van der Waals surface area (Å²) in [5.74, 6) is 2.49. The zero-order valence-electron chi connectivity index (χ0n) is 16.0. The maximum atomic E-state index is 5.84. The van der Waals surface area contributed by atoms with Crippen LogP contribution in [-0.4, -0.2) is 34.1 Å². The fourth-order valence-electron chi connectivity index (χ4n) is 4.29. The van der Waals surface area contributed by atoms with Gasteiger partial charge in [0.05, 0.1) is 18.9 Å². The predicted octanol–water partition coefficient (Wildman–Crippen LogP) is 3.84. The molecule has 138 valence electrons. The Hall–Kier alpha value is -2.14. The lowest BCUT2D eigenvalue weighted by Gasteiger charge is -2.35. The van der Waals surface area contributed by atoms with Crippen LogP contribution in [0.1, 0.15) is 55.4 Å². The van der Waals surface area contributed by atoms with Crippen LogP contribution in [0.4, 0.5) is 0 Å². The van der Waals surface area contributed by atoms with E-state index in [1.807, 2.05) is 33.0 Å². The van der Waals surface area contributed by atoms with Crippen molar-refractivity contribution < 1.29 is 9.47 Å². The van der Waals surface area contributed by atoms with Gasteiger partial charge in [-0.3, -0.25) is 4.90 Å². The first-order valence-electron chi connectivity index (χ1n) is 9.47. The van der Waals surface area contributed by atoms with Gasteiger partial charge in [0.2, 0.25) is 0 Å². The van der Waals surface area contributed by atoms with Gasteiger partial charge in [0.15, 0.2) is 11.5 Å². The normalized spacial score (nSPS) is 21.7. The highest BCUT2D eigenvalue weighted by molar-refractivity contribution is 5.43. The third-order valence-electron chi connectivity index (χ3n) is 5.41. The largest absolute Gasteiger partial charge is 0.493 e. The molecule has 5 heteroatoms. The first-order valence-corrected chi connectivity index (χ1v) is 9.47. The lowest BCUT2D eigenvalue weighted by molar-refractivity contribution is 0.165. The van der Waals surface area contributed by atoms with Crippen LogP contribution in [0.2, 0.25) is 0 Å². The van der Waals surface area contributed by atoms with E-state index in [4.69, 9.17) is 9.47 Å². The second-order valence-corrected chi connectivity index (χ2v) is 7.59. The second-order valence-electron chi connectivity index (χ2n) is 7.59. The van der Waals surface area contributed by atoms with Crippen LogP contribution in [0.3, 0.4) is 0 Å². The van der Waals surface area contributed by atoms with E-state index in [1.165, 1.54) is 29.7 Å². The van der Waals surface area contributed by atoms with Crippen LogP contribution in [0, 0.1) is 6.92 Å². The molecule has 2 aliphatic heterocycles. The Bertz CT molecular complexity index is 806. The van der Waals surface area contributed by atoms with E-state index in [2.05, 4.69) is 27.0 Å². The molecule has 2 aliphatic rings. The summed E-state index contributed by atoms with van der Waals surface area (Å²) in [5.41, 5.74) is 3.82.